The van der Waals surface area contributed by atoms with Crippen LogP contribution in [-0.4, -0.2) is 18.1 Å². The van der Waals surface area contributed by atoms with Crippen molar-refractivity contribution in [3.8, 4) is 6.07 Å². The van der Waals surface area contributed by atoms with Gasteiger partial charge in [0.15, 0.2) is 0 Å². The number of nitrogens with one attached hydrogen (secondary N) is 1. The van der Waals surface area contributed by atoms with Crippen LogP contribution in [0, 0.1) is 11.3 Å². The highest BCUT2D eigenvalue weighted by atomic mass is 14.9. The van der Waals surface area contributed by atoms with Crippen LogP contribution in [0.1, 0.15) is 12.1 Å². The van der Waals surface area contributed by atoms with Crippen molar-refractivity contribution in [2.75, 3.05) is 18.4 Å². The van der Waals surface area contributed by atoms with E-state index in [9.17, 15) is 0 Å². The van der Waals surface area contributed by atoms with Crippen LogP contribution < -0.4 is 11.1 Å². The van der Waals surface area contributed by atoms with E-state index >= 15 is 0 Å². The quantitative estimate of drug-likeness (QED) is 0.663. The monoisotopic (exact) mass is 176 g/mol. The van der Waals surface area contributed by atoms with Crippen molar-refractivity contribution in [2.24, 2.45) is 5.73 Å². The molecule has 0 unspecified atom stereocenters. The fourth-order valence-electron chi connectivity index (χ4n) is 0.936. The number of rotatable bonds is 4. The maximum atomic E-state index is 8.57. The molecule has 0 fully saturated rings. The van der Waals surface area contributed by atoms with E-state index in [4.69, 9.17) is 11.0 Å². The van der Waals surface area contributed by atoms with Crippen LogP contribution in [0.15, 0.2) is 18.3 Å². The molecule has 0 atom stereocenters. The molecule has 0 amide bonds. The first-order chi connectivity index (χ1) is 6.36. The number of pyridine rings is 1. The van der Waals surface area contributed by atoms with Crippen LogP contribution in [0.4, 0.5) is 5.69 Å². The van der Waals surface area contributed by atoms with Crippen LogP contribution in [0.25, 0.3) is 0 Å². The van der Waals surface area contributed by atoms with Crippen molar-refractivity contribution in [3.05, 3.63) is 24.0 Å². The van der Waals surface area contributed by atoms with Crippen molar-refractivity contribution in [3.63, 3.8) is 0 Å². The third-order valence-corrected chi connectivity index (χ3v) is 1.58. The van der Waals surface area contributed by atoms with E-state index in [1.54, 1.807) is 12.3 Å². The highest BCUT2D eigenvalue weighted by molar-refractivity contribution is 5.45. The van der Waals surface area contributed by atoms with Crippen LogP contribution in [0.2, 0.25) is 0 Å². The van der Waals surface area contributed by atoms with Gasteiger partial charge in [-0.1, -0.05) is 0 Å². The normalized spacial score (nSPS) is 9.23. The third kappa shape index (κ3) is 3.09. The number of anilines is 1. The number of hydrogen-bond acceptors (Lipinski definition) is 4. The molecule has 0 spiro atoms. The number of nitriles is 1. The fraction of sp³-hybridized carbons (Fsp3) is 0.333. The molecule has 13 heavy (non-hydrogen) atoms. The molecule has 0 aliphatic rings. The Morgan fingerprint density at radius 1 is 1.62 bits per heavy atom. The van der Waals surface area contributed by atoms with Gasteiger partial charge in [0.2, 0.25) is 0 Å². The molecule has 1 rings (SSSR count). The molecule has 0 aromatic carbocycles. The molecule has 0 aliphatic heterocycles. The van der Waals surface area contributed by atoms with Crippen LogP contribution in [0.3, 0.4) is 0 Å². The van der Waals surface area contributed by atoms with Gasteiger partial charge >= 0.3 is 0 Å². The second kappa shape index (κ2) is 5.12. The van der Waals surface area contributed by atoms with Gasteiger partial charge in [0.05, 0.1) is 0 Å². The molecule has 0 aliphatic carbocycles. The molecular weight excluding hydrogens is 164 g/mol. The van der Waals surface area contributed by atoms with Gasteiger partial charge < -0.3 is 11.1 Å². The lowest BCUT2D eigenvalue weighted by Crippen LogP contribution is -2.08. The summed E-state index contributed by atoms with van der Waals surface area (Å²) in [5.74, 6) is 0. The Balaban J connectivity index is 2.52. The Kier molecular flexibility index (Phi) is 3.74. The van der Waals surface area contributed by atoms with Gasteiger partial charge in [-0.15, -0.1) is 0 Å². The maximum absolute atomic E-state index is 8.57. The molecule has 1 aromatic rings. The van der Waals surface area contributed by atoms with Crippen LogP contribution in [0.5, 0.6) is 0 Å². The number of nitrogens with two attached hydrogens (primary N) is 1. The zero-order valence-corrected chi connectivity index (χ0v) is 7.33. The molecule has 0 saturated carbocycles. The summed E-state index contributed by atoms with van der Waals surface area (Å²) in [6.07, 6.45) is 2.54. The fourth-order valence-corrected chi connectivity index (χ4v) is 0.936. The average Bonchev–Trinajstić information content (AvgIpc) is 2.19. The number of hydrogen-bond donors (Lipinski definition) is 2. The Hall–Kier alpha value is -1.60. The summed E-state index contributed by atoms with van der Waals surface area (Å²) in [4.78, 5) is 3.86. The summed E-state index contributed by atoms with van der Waals surface area (Å²) in [6, 6.07) is 5.53. The van der Waals surface area contributed by atoms with Crippen molar-refractivity contribution >= 4 is 5.69 Å². The van der Waals surface area contributed by atoms with Crippen molar-refractivity contribution in [1.82, 2.24) is 4.98 Å². The predicted molar refractivity (Wildman–Crippen MR) is 51.1 cm³/mol. The molecule has 0 radical (unpaired) electrons. The Bertz CT molecular complexity index is 303. The first-order valence-electron chi connectivity index (χ1n) is 4.17. The highest BCUT2D eigenvalue weighted by Crippen LogP contribution is 2.06. The standard InChI is InChI=1S/C9H12N4/c10-3-1-4-12-8-2-5-13-9(6-8)7-11/h2,5-6H,1,3-4,10H2,(H,12,13). The summed E-state index contributed by atoms with van der Waals surface area (Å²) >= 11 is 0. The minimum atomic E-state index is 0.428. The summed E-state index contributed by atoms with van der Waals surface area (Å²) in [5.41, 5.74) is 6.69. The van der Waals surface area contributed by atoms with E-state index in [1.807, 2.05) is 12.1 Å². The van der Waals surface area contributed by atoms with Gasteiger partial charge in [-0.25, -0.2) is 4.98 Å². The topological polar surface area (TPSA) is 74.7 Å². The smallest absolute Gasteiger partial charge is 0.142 e. The molecular formula is C9H12N4. The zero-order valence-electron chi connectivity index (χ0n) is 7.33. The van der Waals surface area contributed by atoms with Gasteiger partial charge in [-0.3, -0.25) is 0 Å². The Morgan fingerprint density at radius 3 is 3.15 bits per heavy atom. The first kappa shape index (κ1) is 9.49. The molecule has 0 saturated heterocycles. The average molecular weight is 176 g/mol. The molecule has 1 heterocycles. The summed E-state index contributed by atoms with van der Waals surface area (Å²) in [5, 5.41) is 11.7. The first-order valence-corrected chi connectivity index (χ1v) is 4.17. The van der Waals surface area contributed by atoms with Gasteiger partial charge in [0, 0.05) is 18.4 Å². The summed E-state index contributed by atoms with van der Waals surface area (Å²) in [6.45, 7) is 1.49. The van der Waals surface area contributed by atoms with Crippen LogP contribution in [-0.2, 0) is 0 Å². The highest BCUT2D eigenvalue weighted by Gasteiger charge is 1.94. The Morgan fingerprint density at radius 2 is 2.46 bits per heavy atom. The molecule has 1 aromatic heterocycles. The predicted octanol–water partition coefficient (Wildman–Crippen LogP) is 0.714. The number of aromatic nitrogens is 1. The van der Waals surface area contributed by atoms with E-state index in [1.165, 1.54) is 0 Å². The Labute approximate surface area is 77.4 Å². The van der Waals surface area contributed by atoms with E-state index in [0.717, 1.165) is 18.7 Å². The molecule has 4 nitrogen and oxygen atoms in total. The lowest BCUT2D eigenvalue weighted by molar-refractivity contribution is 0.874. The van der Waals surface area contributed by atoms with Gasteiger partial charge in [-0.2, -0.15) is 5.26 Å². The molecule has 0 bridgehead atoms. The largest absolute Gasteiger partial charge is 0.385 e. The van der Waals surface area contributed by atoms with E-state index in [-0.39, 0.29) is 0 Å². The van der Waals surface area contributed by atoms with Crippen molar-refractivity contribution in [1.29, 1.82) is 5.26 Å². The third-order valence-electron chi connectivity index (χ3n) is 1.58. The molecule has 4 heteroatoms. The van der Waals surface area contributed by atoms with Gasteiger partial charge in [-0.05, 0) is 25.1 Å². The lowest BCUT2D eigenvalue weighted by Gasteiger charge is -2.04. The van der Waals surface area contributed by atoms with Crippen LogP contribution >= 0.6 is 0 Å². The summed E-state index contributed by atoms with van der Waals surface area (Å²) < 4.78 is 0. The summed E-state index contributed by atoms with van der Waals surface area (Å²) in [7, 11) is 0. The number of nitrogens with zero attached hydrogens (tertiary/aromatic N) is 2. The second-order valence-electron chi connectivity index (χ2n) is 2.61. The second-order valence-corrected chi connectivity index (χ2v) is 2.61. The van der Waals surface area contributed by atoms with Gasteiger partial charge in [0.1, 0.15) is 11.8 Å². The maximum Gasteiger partial charge on any atom is 0.142 e. The SMILES string of the molecule is N#Cc1cc(NCCCN)ccn1. The minimum Gasteiger partial charge on any atom is -0.385 e. The van der Waals surface area contributed by atoms with Crippen molar-refractivity contribution in [2.45, 2.75) is 6.42 Å². The van der Waals surface area contributed by atoms with E-state index < -0.39 is 0 Å². The molecule has 68 valence electrons. The zero-order chi connectivity index (χ0) is 9.52. The van der Waals surface area contributed by atoms with E-state index in [0.29, 0.717) is 12.2 Å². The van der Waals surface area contributed by atoms with E-state index in [2.05, 4.69) is 10.3 Å². The van der Waals surface area contributed by atoms with Crippen molar-refractivity contribution < 1.29 is 0 Å². The van der Waals surface area contributed by atoms with Gasteiger partial charge in [0.25, 0.3) is 0 Å². The molecule has 3 N–H and O–H groups in total. The lowest BCUT2D eigenvalue weighted by atomic mass is 10.3. The minimum absolute atomic E-state index is 0.428.